The Morgan fingerprint density at radius 3 is 2.62 bits per heavy atom. The molecule has 0 radical (unpaired) electrons. The molecule has 5 heteroatoms. The first kappa shape index (κ1) is 16.3. The van der Waals surface area contributed by atoms with Crippen LogP contribution in [0.1, 0.15) is 31.6 Å². The average Bonchev–Trinajstić information content (AvgIpc) is 3.00. The highest BCUT2D eigenvalue weighted by Crippen LogP contribution is 2.19. The largest absolute Gasteiger partial charge is 0.347 e. The van der Waals surface area contributed by atoms with Crippen LogP contribution >= 0.6 is 11.3 Å². The molecule has 0 atom stereocenters. The molecule has 4 nitrogen and oxygen atoms in total. The minimum absolute atomic E-state index is 0.0575. The van der Waals surface area contributed by atoms with Gasteiger partial charge in [0.15, 0.2) is 0 Å². The molecule has 0 unspecified atom stereocenters. The van der Waals surface area contributed by atoms with E-state index >= 15 is 0 Å². The van der Waals surface area contributed by atoms with Crippen molar-refractivity contribution in [1.82, 2.24) is 15.3 Å². The van der Waals surface area contributed by atoms with Gasteiger partial charge in [-0.15, -0.1) is 11.3 Å². The summed E-state index contributed by atoms with van der Waals surface area (Å²) in [5.41, 5.74) is 2.92. The van der Waals surface area contributed by atoms with Gasteiger partial charge in [-0.2, -0.15) is 0 Å². The number of nitrogens with one attached hydrogen (secondary N) is 1. The fourth-order valence-electron chi connectivity index (χ4n) is 2.41. The molecule has 0 bridgehead atoms. The standard InChI is InChI=1S/C19H19N3OS/c1-14-18(19(23)21-13-15-7-3-2-4-8-15)24-17(22-14)11-10-16-9-5-6-12-20-16/h2-9,12H,10-11,13H2,1H3,(H,21,23). The lowest BCUT2D eigenvalue weighted by atomic mass is 10.2. The molecule has 0 aliphatic rings. The summed E-state index contributed by atoms with van der Waals surface area (Å²) in [5, 5.41) is 3.94. The number of carbonyl (C=O) groups is 1. The fraction of sp³-hybridized carbons (Fsp3) is 0.211. The van der Waals surface area contributed by atoms with E-state index in [1.165, 1.54) is 11.3 Å². The number of rotatable bonds is 6. The first-order valence-electron chi connectivity index (χ1n) is 7.90. The number of thiazole rings is 1. The van der Waals surface area contributed by atoms with E-state index in [2.05, 4.69) is 15.3 Å². The normalized spacial score (nSPS) is 10.5. The molecule has 0 fully saturated rings. The van der Waals surface area contributed by atoms with Crippen molar-refractivity contribution in [2.45, 2.75) is 26.3 Å². The lowest BCUT2D eigenvalue weighted by Gasteiger charge is -2.03. The van der Waals surface area contributed by atoms with Gasteiger partial charge in [-0.3, -0.25) is 9.78 Å². The first-order valence-corrected chi connectivity index (χ1v) is 8.72. The van der Waals surface area contributed by atoms with Crippen LogP contribution in [0.5, 0.6) is 0 Å². The number of amides is 1. The van der Waals surface area contributed by atoms with Gasteiger partial charge in [0.1, 0.15) is 4.88 Å². The summed E-state index contributed by atoms with van der Waals surface area (Å²) in [4.78, 5) is 21.9. The highest BCUT2D eigenvalue weighted by atomic mass is 32.1. The second-order valence-corrected chi connectivity index (χ2v) is 6.60. The highest BCUT2D eigenvalue weighted by Gasteiger charge is 2.15. The van der Waals surface area contributed by atoms with Crippen molar-refractivity contribution < 1.29 is 4.79 Å². The topological polar surface area (TPSA) is 54.9 Å². The van der Waals surface area contributed by atoms with Gasteiger partial charge >= 0.3 is 0 Å². The lowest BCUT2D eigenvalue weighted by Crippen LogP contribution is -2.22. The molecule has 3 rings (SSSR count). The molecule has 2 aromatic heterocycles. The number of benzene rings is 1. The summed E-state index contributed by atoms with van der Waals surface area (Å²) in [6.45, 7) is 2.42. The zero-order chi connectivity index (χ0) is 16.8. The van der Waals surface area contributed by atoms with Crippen LogP contribution in [-0.2, 0) is 19.4 Å². The summed E-state index contributed by atoms with van der Waals surface area (Å²) < 4.78 is 0. The second-order valence-electron chi connectivity index (χ2n) is 5.51. The minimum Gasteiger partial charge on any atom is -0.347 e. The van der Waals surface area contributed by atoms with Crippen molar-refractivity contribution >= 4 is 17.2 Å². The summed E-state index contributed by atoms with van der Waals surface area (Å²) in [6, 6.07) is 15.8. The number of pyridine rings is 1. The Morgan fingerprint density at radius 1 is 1.08 bits per heavy atom. The smallest absolute Gasteiger partial charge is 0.263 e. The van der Waals surface area contributed by atoms with Gasteiger partial charge in [0.2, 0.25) is 0 Å². The Kier molecular flexibility index (Phi) is 5.33. The Morgan fingerprint density at radius 2 is 1.88 bits per heavy atom. The molecule has 3 aromatic rings. The Hall–Kier alpha value is -2.53. The monoisotopic (exact) mass is 337 g/mol. The van der Waals surface area contributed by atoms with Crippen LogP contribution in [0.4, 0.5) is 0 Å². The molecular weight excluding hydrogens is 318 g/mol. The SMILES string of the molecule is Cc1nc(CCc2ccccn2)sc1C(=O)NCc1ccccc1. The number of aryl methyl sites for hydroxylation is 3. The Bertz CT molecular complexity index is 800. The van der Waals surface area contributed by atoms with Crippen molar-refractivity contribution in [3.05, 3.63) is 81.6 Å². The number of nitrogens with zero attached hydrogens (tertiary/aromatic N) is 2. The van der Waals surface area contributed by atoms with E-state index in [-0.39, 0.29) is 5.91 Å². The quantitative estimate of drug-likeness (QED) is 0.748. The molecule has 1 N–H and O–H groups in total. The zero-order valence-electron chi connectivity index (χ0n) is 13.5. The van der Waals surface area contributed by atoms with Crippen molar-refractivity contribution in [3.63, 3.8) is 0 Å². The third-order valence-electron chi connectivity index (χ3n) is 3.66. The minimum atomic E-state index is -0.0575. The van der Waals surface area contributed by atoms with Crippen molar-refractivity contribution in [2.24, 2.45) is 0 Å². The third kappa shape index (κ3) is 4.26. The maximum atomic E-state index is 12.4. The maximum Gasteiger partial charge on any atom is 0.263 e. The van der Waals surface area contributed by atoms with E-state index in [9.17, 15) is 4.79 Å². The Balaban J connectivity index is 1.59. The van der Waals surface area contributed by atoms with Gasteiger partial charge in [0.05, 0.1) is 10.7 Å². The van der Waals surface area contributed by atoms with Gasteiger partial charge in [-0.1, -0.05) is 36.4 Å². The van der Waals surface area contributed by atoms with Gasteiger partial charge in [-0.25, -0.2) is 4.98 Å². The van der Waals surface area contributed by atoms with Crippen LogP contribution in [0.25, 0.3) is 0 Å². The summed E-state index contributed by atoms with van der Waals surface area (Å²) in [5.74, 6) is -0.0575. The van der Waals surface area contributed by atoms with E-state index in [1.807, 2.05) is 55.5 Å². The lowest BCUT2D eigenvalue weighted by molar-refractivity contribution is 0.0954. The van der Waals surface area contributed by atoms with E-state index < -0.39 is 0 Å². The van der Waals surface area contributed by atoms with Gasteiger partial charge in [0.25, 0.3) is 5.91 Å². The molecule has 0 aliphatic heterocycles. The average molecular weight is 337 g/mol. The zero-order valence-corrected chi connectivity index (χ0v) is 14.3. The van der Waals surface area contributed by atoms with Crippen LogP contribution < -0.4 is 5.32 Å². The molecule has 0 spiro atoms. The Labute approximate surface area is 145 Å². The maximum absolute atomic E-state index is 12.4. The number of carbonyl (C=O) groups excluding carboxylic acids is 1. The summed E-state index contributed by atoms with van der Waals surface area (Å²) in [6.07, 6.45) is 3.43. The van der Waals surface area contributed by atoms with Gasteiger partial charge in [0, 0.05) is 24.9 Å². The molecule has 2 heterocycles. The predicted octanol–water partition coefficient (Wildman–Crippen LogP) is 3.56. The van der Waals surface area contributed by atoms with E-state index in [4.69, 9.17) is 0 Å². The van der Waals surface area contributed by atoms with Crippen LogP contribution in [0, 0.1) is 6.92 Å². The molecule has 0 saturated heterocycles. The van der Waals surface area contributed by atoms with E-state index in [0.717, 1.165) is 34.8 Å². The number of aromatic nitrogens is 2. The predicted molar refractivity (Wildman–Crippen MR) is 96.1 cm³/mol. The van der Waals surface area contributed by atoms with Crippen molar-refractivity contribution in [2.75, 3.05) is 0 Å². The molecule has 0 saturated carbocycles. The van der Waals surface area contributed by atoms with Gasteiger partial charge < -0.3 is 5.32 Å². The molecule has 122 valence electrons. The molecule has 1 amide bonds. The van der Waals surface area contributed by atoms with E-state index in [0.29, 0.717) is 11.4 Å². The van der Waals surface area contributed by atoms with Gasteiger partial charge in [-0.05, 0) is 31.0 Å². The molecular formula is C19H19N3OS. The van der Waals surface area contributed by atoms with Crippen LogP contribution in [0.2, 0.25) is 0 Å². The third-order valence-corrected chi connectivity index (χ3v) is 4.88. The highest BCUT2D eigenvalue weighted by molar-refractivity contribution is 7.13. The number of hydrogen-bond donors (Lipinski definition) is 1. The van der Waals surface area contributed by atoms with Crippen LogP contribution in [0.15, 0.2) is 54.7 Å². The van der Waals surface area contributed by atoms with Crippen LogP contribution in [0.3, 0.4) is 0 Å². The first-order chi connectivity index (χ1) is 11.7. The van der Waals surface area contributed by atoms with Crippen LogP contribution in [-0.4, -0.2) is 15.9 Å². The van der Waals surface area contributed by atoms with Crippen molar-refractivity contribution in [1.29, 1.82) is 0 Å². The summed E-state index contributed by atoms with van der Waals surface area (Å²) in [7, 11) is 0. The molecule has 24 heavy (non-hydrogen) atoms. The second kappa shape index (κ2) is 7.84. The van der Waals surface area contributed by atoms with E-state index in [1.54, 1.807) is 6.20 Å². The fourth-order valence-corrected chi connectivity index (χ4v) is 3.39. The molecule has 0 aliphatic carbocycles. The van der Waals surface area contributed by atoms with Crippen molar-refractivity contribution in [3.8, 4) is 0 Å². The number of hydrogen-bond acceptors (Lipinski definition) is 4. The summed E-state index contributed by atoms with van der Waals surface area (Å²) >= 11 is 1.47. The molecule has 1 aromatic carbocycles.